The molecule has 0 saturated carbocycles. The summed E-state index contributed by atoms with van der Waals surface area (Å²) in [6.07, 6.45) is 13.4. The summed E-state index contributed by atoms with van der Waals surface area (Å²) in [6.45, 7) is 20.3. The Morgan fingerprint density at radius 3 is 1.16 bits per heavy atom. The van der Waals surface area contributed by atoms with Gasteiger partial charge in [0.2, 0.25) is 25.0 Å². The van der Waals surface area contributed by atoms with Crippen molar-refractivity contribution in [3.63, 3.8) is 0 Å². The lowest BCUT2D eigenvalue weighted by atomic mass is 10.1. The van der Waals surface area contributed by atoms with Crippen molar-refractivity contribution in [3.05, 3.63) is 145 Å². The smallest absolute Gasteiger partial charge is 0.241 e. The number of allylic oxidation sites excluding steroid dienone is 3. The van der Waals surface area contributed by atoms with Gasteiger partial charge in [-0.1, -0.05) is 130 Å². The predicted octanol–water partition coefficient (Wildman–Crippen LogP) is 15.3. The summed E-state index contributed by atoms with van der Waals surface area (Å²) < 4.78 is 19.4. The molecule has 9 unspecified atom stereocenters. The Hall–Kier alpha value is -0.0594. The highest BCUT2D eigenvalue weighted by molar-refractivity contribution is 8.82. The van der Waals surface area contributed by atoms with E-state index in [1.54, 1.807) is 0 Å². The monoisotopic (exact) mass is 838 g/mol. The van der Waals surface area contributed by atoms with E-state index in [1.165, 1.54) is 16.7 Å². The van der Waals surface area contributed by atoms with Crippen LogP contribution in [0.15, 0.2) is 128 Å². The van der Waals surface area contributed by atoms with Crippen LogP contribution in [-0.4, -0.2) is 25.0 Å². The first-order valence-electron chi connectivity index (χ1n) is 16.7. The van der Waals surface area contributed by atoms with Gasteiger partial charge in [0.15, 0.2) is 0 Å². The minimum Gasteiger partial charge on any atom is -0.550 e. The van der Waals surface area contributed by atoms with E-state index in [9.17, 15) is 0 Å². The van der Waals surface area contributed by atoms with Crippen LogP contribution in [0.4, 0.5) is 0 Å². The molecule has 3 nitrogen and oxygen atoms in total. The van der Waals surface area contributed by atoms with Crippen LogP contribution in [0.1, 0.15) is 33.7 Å². The van der Waals surface area contributed by atoms with Crippen LogP contribution < -0.4 is 0 Å². The predicted molar refractivity (Wildman–Crippen MR) is 245 cm³/mol. The van der Waals surface area contributed by atoms with Crippen LogP contribution in [0.5, 0.6) is 0 Å². The molecule has 0 saturated heterocycles. The van der Waals surface area contributed by atoms with E-state index < -0.39 is 39.9 Å². The first-order chi connectivity index (χ1) is 23.2. The van der Waals surface area contributed by atoms with Gasteiger partial charge in [-0.3, -0.25) is 0 Å². The molecule has 3 rings (SSSR count). The molecule has 9 atom stereocenters. The van der Waals surface area contributed by atoms with Gasteiger partial charge in [-0.05, 0) is 101 Å². The number of hydrogen-bond acceptors (Lipinski definition) is 3. The Labute approximate surface area is 312 Å². The Bertz CT molecular complexity index is 1380. The first-order valence-corrected chi connectivity index (χ1v) is 40.1. The van der Waals surface area contributed by atoms with Crippen LogP contribution >= 0.6 is 55.7 Å². The van der Waals surface area contributed by atoms with Crippen LogP contribution in [0.25, 0.3) is 0 Å². The van der Waals surface area contributed by atoms with E-state index >= 15 is 0 Å². The van der Waals surface area contributed by atoms with Crippen molar-refractivity contribution in [2.45, 2.75) is 75.9 Å². The molecule has 3 aromatic rings. The van der Waals surface area contributed by atoms with Gasteiger partial charge < -0.3 is 13.3 Å². The van der Waals surface area contributed by atoms with E-state index in [0.717, 1.165) is 31.8 Å². The normalized spacial score (nSPS) is 17.0. The van der Waals surface area contributed by atoms with Crippen molar-refractivity contribution in [1.82, 2.24) is 0 Å². The summed E-state index contributed by atoms with van der Waals surface area (Å²) in [7, 11) is 0.107. The van der Waals surface area contributed by atoms with Gasteiger partial charge in [0.25, 0.3) is 0 Å². The Morgan fingerprint density at radius 2 is 0.837 bits per heavy atom. The molecule has 3 aromatic carbocycles. The highest BCUT2D eigenvalue weighted by Gasteiger charge is 2.39. The summed E-state index contributed by atoms with van der Waals surface area (Å²) >= 11 is 0. The highest BCUT2D eigenvalue weighted by Crippen LogP contribution is 2.98. The minimum atomic E-state index is -1.78. The van der Waals surface area contributed by atoms with Gasteiger partial charge in [-0.2, -0.15) is 0 Å². The fraction of sp³-hybridized carbons (Fsp3) is 0.333. The molecule has 0 aliphatic carbocycles. The lowest BCUT2D eigenvalue weighted by Crippen LogP contribution is -2.22. The van der Waals surface area contributed by atoms with Crippen molar-refractivity contribution in [2.24, 2.45) is 0 Å². The number of hydrogen-bond donors (Lipinski definition) is 0. The maximum absolute atomic E-state index is 6.48. The zero-order chi connectivity index (χ0) is 35.9. The maximum Gasteiger partial charge on any atom is 0.241 e. The molecule has 266 valence electrons. The van der Waals surface area contributed by atoms with E-state index in [2.05, 4.69) is 196 Å². The molecule has 0 aliphatic rings. The van der Waals surface area contributed by atoms with Gasteiger partial charge in [0.1, 0.15) is 0 Å². The average molecular weight is 839 g/mol. The molecule has 0 spiro atoms. The maximum atomic E-state index is 6.48. The van der Waals surface area contributed by atoms with E-state index in [-0.39, 0.29) is 17.0 Å². The Kier molecular flexibility index (Phi) is 19.1. The largest absolute Gasteiger partial charge is 0.550 e. The molecule has 0 N–H and O–H groups in total. The fourth-order valence-corrected chi connectivity index (χ4v) is 47.4. The third-order valence-corrected chi connectivity index (χ3v) is 40.5. The molecule has 49 heavy (non-hydrogen) atoms. The topological polar surface area (TPSA) is 27.7 Å². The van der Waals surface area contributed by atoms with E-state index in [0.29, 0.717) is 0 Å². The molecule has 0 radical (unpaired) electrons. The van der Waals surface area contributed by atoms with Gasteiger partial charge in [0, 0.05) is 17.0 Å². The standard InChI is InChI=1S/C36H57O3P7Si3/c1-47(2,3)37-28-25-34(31-19-13-10-14-20-31)45(35(26-29-38-48(4,5)6)32-21-15-11-16-22-32)46(44-43-42-41-40)36(27-30-39-49(7,8)9)33-23-17-12-18-24-33/h10-30,34-36,41-44H,40H2,1-9H3. The number of benzene rings is 3. The highest BCUT2D eigenvalue weighted by atomic mass is 32.8. The second kappa shape index (κ2) is 21.6. The summed E-state index contributed by atoms with van der Waals surface area (Å²) in [5.41, 5.74) is 4.74. The van der Waals surface area contributed by atoms with Crippen molar-refractivity contribution in [1.29, 1.82) is 0 Å². The second-order valence-corrected chi connectivity index (χ2v) is 49.4. The van der Waals surface area contributed by atoms with Crippen LogP contribution in [0, 0.1) is 0 Å². The van der Waals surface area contributed by atoms with Crippen molar-refractivity contribution in [2.75, 3.05) is 0 Å². The fourth-order valence-electron chi connectivity index (χ4n) is 4.78. The summed E-state index contributed by atoms with van der Waals surface area (Å²) in [6, 6.07) is 33.6. The minimum absolute atomic E-state index is 0.192. The SMILES string of the molecule is C[Si](C)(C)OC=CC(c1ccccc1)P(PPPPP)P(C(C=CO[Si](C)(C)C)c1ccccc1)C(C=CO[Si](C)(C)C)c1ccccc1. The van der Waals surface area contributed by atoms with Crippen LogP contribution in [-0.2, 0) is 13.3 Å². The molecule has 0 heterocycles. The van der Waals surface area contributed by atoms with Gasteiger partial charge >= 0.3 is 0 Å². The van der Waals surface area contributed by atoms with Crippen LogP contribution in [0.3, 0.4) is 0 Å². The Balaban J connectivity index is 2.40. The second-order valence-electron chi connectivity index (χ2n) is 14.5. The molecule has 0 bridgehead atoms. The zero-order valence-electron chi connectivity index (χ0n) is 30.6. The molecule has 0 aromatic heterocycles. The lowest BCUT2D eigenvalue weighted by Gasteiger charge is -2.42. The van der Waals surface area contributed by atoms with Crippen molar-refractivity contribution in [3.8, 4) is 0 Å². The van der Waals surface area contributed by atoms with Gasteiger partial charge in [-0.25, -0.2) is 0 Å². The lowest BCUT2D eigenvalue weighted by molar-refractivity contribution is 0.476. The third-order valence-electron chi connectivity index (χ3n) is 6.86. The molecule has 0 amide bonds. The van der Waals surface area contributed by atoms with Gasteiger partial charge in [-0.15, -0.1) is 8.93 Å². The molecule has 13 heteroatoms. The summed E-state index contributed by atoms with van der Waals surface area (Å²) in [4.78, 5) is 0. The summed E-state index contributed by atoms with van der Waals surface area (Å²) in [5.74, 6) is 0. The molecular weight excluding hydrogens is 781 g/mol. The quantitative estimate of drug-likeness (QED) is 0.0491. The Morgan fingerprint density at radius 1 is 0.510 bits per heavy atom. The molecule has 0 fully saturated rings. The van der Waals surface area contributed by atoms with Gasteiger partial charge in [0.05, 0.1) is 18.8 Å². The van der Waals surface area contributed by atoms with Crippen molar-refractivity contribution >= 4 is 80.6 Å². The zero-order valence-corrected chi connectivity index (χ0v) is 40.5. The van der Waals surface area contributed by atoms with Crippen LogP contribution in [0.2, 0.25) is 58.9 Å². The summed E-state index contributed by atoms with van der Waals surface area (Å²) in [5, 5.41) is 0. The molecular formula is C36H57O3P7Si3. The van der Waals surface area contributed by atoms with Crippen molar-refractivity contribution < 1.29 is 13.3 Å². The van der Waals surface area contributed by atoms with E-state index in [4.69, 9.17) is 13.3 Å². The number of rotatable bonds is 20. The van der Waals surface area contributed by atoms with E-state index in [1.807, 2.05) is 0 Å². The average Bonchev–Trinajstić information content (AvgIpc) is 3.04. The third kappa shape index (κ3) is 16.7. The molecule has 0 aliphatic heterocycles. The first kappa shape index (κ1) is 43.3.